The van der Waals surface area contributed by atoms with E-state index < -0.39 is 0 Å². The molecule has 1 aromatic carbocycles. The zero-order valence-corrected chi connectivity index (χ0v) is 14.0. The minimum Gasteiger partial charge on any atom is -0.301 e. The predicted molar refractivity (Wildman–Crippen MR) is 93.7 cm³/mol. The Morgan fingerprint density at radius 2 is 1.96 bits per heavy atom. The molecule has 0 spiro atoms. The number of carbonyl (C=O) groups is 1. The van der Waals surface area contributed by atoms with Gasteiger partial charge in [-0.1, -0.05) is 42.1 Å². The number of rotatable bonds is 5. The molecule has 0 radical (unpaired) electrons. The molecule has 5 nitrogen and oxygen atoms in total. The summed E-state index contributed by atoms with van der Waals surface area (Å²) >= 11 is 2.72. The molecular weight excluding hydrogens is 328 g/mol. The molecule has 0 aliphatic rings. The Morgan fingerprint density at radius 1 is 1.22 bits per heavy atom. The lowest BCUT2D eigenvalue weighted by Crippen LogP contribution is -2.14. The van der Waals surface area contributed by atoms with E-state index >= 15 is 0 Å². The van der Waals surface area contributed by atoms with Gasteiger partial charge in [0.05, 0.1) is 11.4 Å². The number of thiazole rings is 1. The Balaban J connectivity index is 1.56. The summed E-state index contributed by atoms with van der Waals surface area (Å²) in [5.74, 6) is 0.136. The van der Waals surface area contributed by atoms with Crippen LogP contribution in [-0.4, -0.2) is 26.6 Å². The van der Waals surface area contributed by atoms with Gasteiger partial charge in [-0.2, -0.15) is 0 Å². The van der Waals surface area contributed by atoms with Crippen molar-refractivity contribution < 1.29 is 4.79 Å². The summed E-state index contributed by atoms with van der Waals surface area (Å²) in [6, 6.07) is 9.87. The second-order valence-corrected chi connectivity index (χ2v) is 6.58. The maximum absolute atomic E-state index is 12.0. The topological polar surface area (TPSA) is 67.8 Å². The third kappa shape index (κ3) is 4.37. The fourth-order valence-corrected chi connectivity index (χ4v) is 3.14. The van der Waals surface area contributed by atoms with Crippen molar-refractivity contribution in [1.29, 1.82) is 0 Å². The van der Waals surface area contributed by atoms with E-state index in [2.05, 4.69) is 20.3 Å². The van der Waals surface area contributed by atoms with Gasteiger partial charge in [0.1, 0.15) is 0 Å². The molecule has 0 unspecified atom stereocenters. The lowest BCUT2D eigenvalue weighted by molar-refractivity contribution is -0.113. The van der Waals surface area contributed by atoms with Gasteiger partial charge in [0.25, 0.3) is 0 Å². The van der Waals surface area contributed by atoms with Crippen LogP contribution in [0.2, 0.25) is 0 Å². The predicted octanol–water partition coefficient (Wildman–Crippen LogP) is 3.64. The number of carbonyl (C=O) groups excluding carboxylic acids is 1. The molecule has 1 N–H and O–H groups in total. The maximum atomic E-state index is 12.0. The zero-order valence-electron chi connectivity index (χ0n) is 12.4. The number of aryl methyl sites for hydroxylation is 1. The average Bonchev–Trinajstić information content (AvgIpc) is 3.04. The minimum absolute atomic E-state index is 0.117. The molecule has 2 heterocycles. The molecule has 116 valence electrons. The van der Waals surface area contributed by atoms with Gasteiger partial charge >= 0.3 is 0 Å². The second-order valence-electron chi connectivity index (χ2n) is 4.78. The number of hydrogen-bond acceptors (Lipinski definition) is 6. The molecule has 0 saturated carbocycles. The Labute approximate surface area is 142 Å². The van der Waals surface area contributed by atoms with Crippen molar-refractivity contribution in [3.05, 3.63) is 53.7 Å². The van der Waals surface area contributed by atoms with E-state index in [4.69, 9.17) is 0 Å². The van der Waals surface area contributed by atoms with Crippen LogP contribution in [0.15, 0.2) is 53.3 Å². The third-order valence-electron chi connectivity index (χ3n) is 2.91. The quantitative estimate of drug-likeness (QED) is 0.566. The minimum atomic E-state index is -0.117. The average molecular weight is 342 g/mol. The first-order valence-corrected chi connectivity index (χ1v) is 8.79. The summed E-state index contributed by atoms with van der Waals surface area (Å²) in [5.41, 5.74) is 2.89. The molecule has 0 bridgehead atoms. The van der Waals surface area contributed by atoms with Gasteiger partial charge in [0.15, 0.2) is 10.3 Å². The highest BCUT2D eigenvalue weighted by atomic mass is 32.2. The molecule has 0 atom stereocenters. The van der Waals surface area contributed by atoms with Crippen LogP contribution < -0.4 is 5.32 Å². The summed E-state index contributed by atoms with van der Waals surface area (Å²) in [6.45, 7) is 1.92. The number of nitrogens with zero attached hydrogens (tertiary/aromatic N) is 3. The first-order chi connectivity index (χ1) is 11.2. The van der Waals surface area contributed by atoms with Gasteiger partial charge in [-0.05, 0) is 12.5 Å². The highest BCUT2D eigenvalue weighted by Crippen LogP contribution is 2.24. The van der Waals surface area contributed by atoms with E-state index in [9.17, 15) is 4.79 Å². The van der Waals surface area contributed by atoms with Crippen LogP contribution in [0.4, 0.5) is 5.13 Å². The molecule has 7 heteroatoms. The summed E-state index contributed by atoms with van der Waals surface area (Å²) in [6.07, 6.45) is 3.47. The van der Waals surface area contributed by atoms with E-state index in [0.29, 0.717) is 10.3 Å². The lowest BCUT2D eigenvalue weighted by Gasteiger charge is -2.01. The Bertz CT molecular complexity index is 787. The molecule has 0 saturated heterocycles. The molecule has 3 rings (SSSR count). The fourth-order valence-electron chi connectivity index (χ4n) is 1.81. The van der Waals surface area contributed by atoms with Crippen LogP contribution in [0, 0.1) is 6.92 Å². The highest BCUT2D eigenvalue weighted by molar-refractivity contribution is 7.99. The van der Waals surface area contributed by atoms with Gasteiger partial charge < -0.3 is 5.32 Å². The molecule has 0 fully saturated rings. The van der Waals surface area contributed by atoms with Gasteiger partial charge in [0.2, 0.25) is 5.91 Å². The highest BCUT2D eigenvalue weighted by Gasteiger charge is 2.09. The summed E-state index contributed by atoms with van der Waals surface area (Å²) in [5, 5.41) is 5.93. The summed E-state index contributed by atoms with van der Waals surface area (Å²) < 4.78 is 0. The Hall–Kier alpha value is -2.25. The number of anilines is 1. The van der Waals surface area contributed by atoms with Crippen molar-refractivity contribution in [2.45, 2.75) is 12.1 Å². The van der Waals surface area contributed by atoms with Crippen molar-refractivity contribution in [1.82, 2.24) is 15.0 Å². The molecule has 0 aliphatic carbocycles. The molecule has 23 heavy (non-hydrogen) atoms. The number of benzene rings is 1. The summed E-state index contributed by atoms with van der Waals surface area (Å²) in [7, 11) is 0. The normalized spacial score (nSPS) is 10.5. The van der Waals surface area contributed by atoms with Crippen molar-refractivity contribution in [2.75, 3.05) is 11.1 Å². The number of hydrogen-bond donors (Lipinski definition) is 1. The molecular formula is C16H14N4OS2. The van der Waals surface area contributed by atoms with Crippen LogP contribution in [0.1, 0.15) is 5.56 Å². The van der Waals surface area contributed by atoms with E-state index in [-0.39, 0.29) is 11.7 Å². The van der Waals surface area contributed by atoms with Crippen molar-refractivity contribution >= 4 is 34.1 Å². The van der Waals surface area contributed by atoms with E-state index in [1.165, 1.54) is 23.1 Å². The largest absolute Gasteiger partial charge is 0.301 e. The second kappa shape index (κ2) is 7.34. The monoisotopic (exact) mass is 342 g/mol. The first-order valence-electron chi connectivity index (χ1n) is 6.93. The number of thioether (sulfide) groups is 1. The van der Waals surface area contributed by atoms with E-state index in [1.807, 2.05) is 42.6 Å². The lowest BCUT2D eigenvalue weighted by atomic mass is 10.2. The molecule has 3 aromatic rings. The molecule has 0 aliphatic heterocycles. The number of nitrogens with one attached hydrogen (secondary N) is 1. The van der Waals surface area contributed by atoms with Crippen LogP contribution in [0.5, 0.6) is 0 Å². The Kier molecular flexibility index (Phi) is 4.99. The van der Waals surface area contributed by atoms with Crippen LogP contribution in [0.3, 0.4) is 0 Å². The van der Waals surface area contributed by atoms with Crippen molar-refractivity contribution in [2.24, 2.45) is 0 Å². The van der Waals surface area contributed by atoms with Gasteiger partial charge in [-0.25, -0.2) is 15.0 Å². The van der Waals surface area contributed by atoms with Crippen LogP contribution in [-0.2, 0) is 4.79 Å². The van der Waals surface area contributed by atoms with Gasteiger partial charge in [-0.15, -0.1) is 11.3 Å². The fraction of sp³-hybridized carbons (Fsp3) is 0.125. The van der Waals surface area contributed by atoms with Crippen molar-refractivity contribution in [3.8, 4) is 11.3 Å². The zero-order chi connectivity index (χ0) is 16.1. The standard InChI is InChI=1S/C16H14N4OS2/c1-11-7-17-15(18-8-11)23-10-14(21)20-16-19-13(9-22-16)12-5-3-2-4-6-12/h2-9H,10H2,1H3,(H,19,20,21). The Morgan fingerprint density at radius 3 is 2.70 bits per heavy atom. The van der Waals surface area contributed by atoms with Gasteiger partial charge in [-0.3, -0.25) is 4.79 Å². The van der Waals surface area contributed by atoms with Crippen LogP contribution >= 0.6 is 23.1 Å². The van der Waals surface area contributed by atoms with Crippen LogP contribution in [0.25, 0.3) is 11.3 Å². The van der Waals surface area contributed by atoms with Gasteiger partial charge in [0, 0.05) is 23.3 Å². The third-order valence-corrected chi connectivity index (χ3v) is 4.54. The van der Waals surface area contributed by atoms with E-state index in [1.54, 1.807) is 12.4 Å². The van der Waals surface area contributed by atoms with E-state index in [0.717, 1.165) is 16.8 Å². The molecule has 1 amide bonds. The van der Waals surface area contributed by atoms with Crippen molar-refractivity contribution in [3.63, 3.8) is 0 Å². The first kappa shape index (κ1) is 15.6. The smallest absolute Gasteiger partial charge is 0.236 e. The SMILES string of the molecule is Cc1cnc(SCC(=O)Nc2nc(-c3ccccc3)cs2)nc1. The maximum Gasteiger partial charge on any atom is 0.236 e. The molecule has 2 aromatic heterocycles. The number of aromatic nitrogens is 3. The summed E-state index contributed by atoms with van der Waals surface area (Å²) in [4.78, 5) is 24.7. The number of amides is 1.